The third kappa shape index (κ3) is 1.73. The number of fused-ring (bicyclic) bond motifs is 5. The molecular formula is C16H10O7. The molecule has 0 aliphatic carbocycles. The van der Waals surface area contributed by atoms with E-state index in [0.717, 1.165) is 6.07 Å². The molecule has 4 aromatic rings. The van der Waals surface area contributed by atoms with Gasteiger partial charge in [0.2, 0.25) is 0 Å². The molecule has 0 fully saturated rings. The molecule has 116 valence electrons. The lowest BCUT2D eigenvalue weighted by molar-refractivity contribution is 0.374. The molecule has 0 atom stereocenters. The molecule has 0 aliphatic rings. The van der Waals surface area contributed by atoms with Gasteiger partial charge in [-0.05, 0) is 6.07 Å². The van der Waals surface area contributed by atoms with E-state index in [2.05, 4.69) is 0 Å². The van der Waals surface area contributed by atoms with Gasteiger partial charge in [0.25, 0.3) is 0 Å². The predicted octanol–water partition coefficient (Wildman–Crippen LogP) is 2.82. The van der Waals surface area contributed by atoms with Gasteiger partial charge in [0, 0.05) is 23.6 Å². The maximum Gasteiger partial charge on any atom is 0.348 e. The Morgan fingerprint density at radius 1 is 0.913 bits per heavy atom. The number of phenols is 3. The minimum atomic E-state index is -0.708. The monoisotopic (exact) mass is 314 g/mol. The first kappa shape index (κ1) is 13.3. The summed E-state index contributed by atoms with van der Waals surface area (Å²) in [4.78, 5) is 12.3. The van der Waals surface area contributed by atoms with Crippen LogP contribution in [0.1, 0.15) is 0 Å². The zero-order valence-corrected chi connectivity index (χ0v) is 11.8. The van der Waals surface area contributed by atoms with E-state index in [1.54, 1.807) is 0 Å². The van der Waals surface area contributed by atoms with Gasteiger partial charge in [-0.1, -0.05) is 0 Å². The van der Waals surface area contributed by atoms with Crippen molar-refractivity contribution in [2.75, 3.05) is 7.11 Å². The van der Waals surface area contributed by atoms with Crippen LogP contribution in [0.25, 0.3) is 32.9 Å². The van der Waals surface area contributed by atoms with Crippen molar-refractivity contribution in [3.8, 4) is 23.0 Å². The Morgan fingerprint density at radius 2 is 1.70 bits per heavy atom. The summed E-state index contributed by atoms with van der Waals surface area (Å²) in [5, 5.41) is 30.1. The summed E-state index contributed by atoms with van der Waals surface area (Å²) < 4.78 is 15.8. The standard InChI is InChI=1S/C16H10O7/c1-21-11-5-10-7(4-8(11)18)13-15(22-10)14-9(19)2-6(17)3-12(14)23-16(13)20/h2-5,17-19H,1H3. The Labute approximate surface area is 127 Å². The molecule has 2 heterocycles. The molecule has 0 aliphatic heterocycles. The van der Waals surface area contributed by atoms with Crippen molar-refractivity contribution < 1.29 is 28.9 Å². The van der Waals surface area contributed by atoms with Gasteiger partial charge in [-0.2, -0.15) is 0 Å². The quantitative estimate of drug-likeness (QED) is 0.463. The van der Waals surface area contributed by atoms with Crippen LogP contribution in [0, 0.1) is 0 Å². The first-order valence-corrected chi connectivity index (χ1v) is 6.61. The van der Waals surface area contributed by atoms with E-state index in [4.69, 9.17) is 13.6 Å². The van der Waals surface area contributed by atoms with Gasteiger partial charge < -0.3 is 28.9 Å². The number of hydrogen-bond donors (Lipinski definition) is 3. The van der Waals surface area contributed by atoms with E-state index < -0.39 is 5.63 Å². The van der Waals surface area contributed by atoms with Crippen LogP contribution in [0.15, 0.2) is 37.9 Å². The summed E-state index contributed by atoms with van der Waals surface area (Å²) in [7, 11) is 1.39. The Hall–Kier alpha value is -3.35. The molecule has 2 aromatic carbocycles. The van der Waals surface area contributed by atoms with Gasteiger partial charge in [-0.25, -0.2) is 4.79 Å². The molecule has 0 unspecified atom stereocenters. The summed E-state index contributed by atoms with van der Waals surface area (Å²) in [6.45, 7) is 0. The number of furan rings is 1. The third-order valence-corrected chi connectivity index (χ3v) is 3.69. The maximum absolute atomic E-state index is 12.3. The summed E-state index contributed by atoms with van der Waals surface area (Å²) in [5.74, 6) is -0.499. The van der Waals surface area contributed by atoms with E-state index in [-0.39, 0.29) is 44.9 Å². The molecule has 0 saturated carbocycles. The molecule has 4 rings (SSSR count). The third-order valence-electron chi connectivity index (χ3n) is 3.69. The summed E-state index contributed by atoms with van der Waals surface area (Å²) >= 11 is 0. The number of ether oxygens (including phenoxy) is 1. The highest BCUT2D eigenvalue weighted by atomic mass is 16.5. The van der Waals surface area contributed by atoms with Gasteiger partial charge >= 0.3 is 5.63 Å². The van der Waals surface area contributed by atoms with E-state index in [0.29, 0.717) is 11.0 Å². The largest absolute Gasteiger partial charge is 0.508 e. The highest BCUT2D eigenvalue weighted by Crippen LogP contribution is 2.40. The molecule has 0 amide bonds. The number of hydrogen-bond acceptors (Lipinski definition) is 7. The highest BCUT2D eigenvalue weighted by molar-refractivity contribution is 6.15. The molecule has 7 heteroatoms. The van der Waals surface area contributed by atoms with E-state index in [9.17, 15) is 20.1 Å². The molecule has 0 saturated heterocycles. The van der Waals surface area contributed by atoms with Gasteiger partial charge in [-0.3, -0.25) is 0 Å². The minimum absolute atomic E-state index is 0.00440. The molecule has 23 heavy (non-hydrogen) atoms. The fraction of sp³-hybridized carbons (Fsp3) is 0.0625. The van der Waals surface area contributed by atoms with Crippen LogP contribution in [0.3, 0.4) is 0 Å². The Bertz CT molecular complexity index is 1150. The molecule has 0 radical (unpaired) electrons. The smallest absolute Gasteiger partial charge is 0.348 e. The van der Waals surface area contributed by atoms with Gasteiger partial charge in [0.05, 0.1) is 7.11 Å². The topological polar surface area (TPSA) is 113 Å². The summed E-state index contributed by atoms with van der Waals surface area (Å²) in [6.07, 6.45) is 0. The fourth-order valence-electron chi connectivity index (χ4n) is 2.70. The van der Waals surface area contributed by atoms with Crippen LogP contribution in [0.5, 0.6) is 23.0 Å². The second-order valence-electron chi connectivity index (χ2n) is 5.05. The summed E-state index contributed by atoms with van der Waals surface area (Å²) in [6, 6.07) is 5.10. The summed E-state index contributed by atoms with van der Waals surface area (Å²) in [5.41, 5.74) is -0.311. The van der Waals surface area contributed by atoms with Crippen molar-refractivity contribution in [1.82, 2.24) is 0 Å². The Morgan fingerprint density at radius 3 is 2.43 bits per heavy atom. The lowest BCUT2D eigenvalue weighted by atomic mass is 10.1. The van der Waals surface area contributed by atoms with Crippen LogP contribution in [0.2, 0.25) is 0 Å². The lowest BCUT2D eigenvalue weighted by Crippen LogP contribution is -1.98. The van der Waals surface area contributed by atoms with Crippen molar-refractivity contribution >= 4 is 32.9 Å². The highest BCUT2D eigenvalue weighted by Gasteiger charge is 2.20. The number of benzene rings is 2. The van der Waals surface area contributed by atoms with Crippen molar-refractivity contribution in [3.63, 3.8) is 0 Å². The van der Waals surface area contributed by atoms with Gasteiger partial charge in [-0.15, -0.1) is 0 Å². The van der Waals surface area contributed by atoms with Crippen LogP contribution in [0.4, 0.5) is 0 Å². The zero-order valence-electron chi connectivity index (χ0n) is 11.8. The Balaban J connectivity index is 2.29. The van der Waals surface area contributed by atoms with E-state index in [1.807, 2.05) is 0 Å². The predicted molar refractivity (Wildman–Crippen MR) is 81.3 cm³/mol. The first-order valence-electron chi connectivity index (χ1n) is 6.61. The molecule has 3 N–H and O–H groups in total. The second-order valence-corrected chi connectivity index (χ2v) is 5.05. The Kier molecular flexibility index (Phi) is 2.51. The van der Waals surface area contributed by atoms with Crippen molar-refractivity contribution in [3.05, 3.63) is 34.7 Å². The zero-order chi connectivity index (χ0) is 16.3. The van der Waals surface area contributed by atoms with Crippen molar-refractivity contribution in [1.29, 1.82) is 0 Å². The fourth-order valence-corrected chi connectivity index (χ4v) is 2.70. The molecular weight excluding hydrogens is 304 g/mol. The maximum atomic E-state index is 12.3. The van der Waals surface area contributed by atoms with Gasteiger partial charge in [0.15, 0.2) is 17.1 Å². The SMILES string of the molecule is COc1cc2oc3c4c(O)cc(O)cc4oc(=O)c3c2cc1O. The van der Waals surface area contributed by atoms with Crippen molar-refractivity contribution in [2.24, 2.45) is 0 Å². The molecule has 0 bridgehead atoms. The number of phenolic OH excluding ortho intramolecular Hbond substituents is 3. The van der Waals surface area contributed by atoms with Crippen molar-refractivity contribution in [2.45, 2.75) is 0 Å². The van der Waals surface area contributed by atoms with Gasteiger partial charge in [0.1, 0.15) is 33.4 Å². The van der Waals surface area contributed by atoms with Crippen LogP contribution in [-0.2, 0) is 0 Å². The van der Waals surface area contributed by atoms with Crippen LogP contribution < -0.4 is 10.4 Å². The second kappa shape index (κ2) is 4.33. The average Bonchev–Trinajstić information content (AvgIpc) is 2.83. The van der Waals surface area contributed by atoms with Crippen LogP contribution in [-0.4, -0.2) is 22.4 Å². The molecule has 2 aromatic heterocycles. The van der Waals surface area contributed by atoms with E-state index >= 15 is 0 Å². The molecule has 7 nitrogen and oxygen atoms in total. The minimum Gasteiger partial charge on any atom is -0.508 e. The lowest BCUT2D eigenvalue weighted by Gasteiger charge is -2.01. The normalized spacial score (nSPS) is 11.5. The number of rotatable bonds is 1. The van der Waals surface area contributed by atoms with E-state index in [1.165, 1.54) is 25.3 Å². The molecule has 0 spiro atoms. The first-order chi connectivity index (χ1) is 11.0. The van der Waals surface area contributed by atoms with Crippen LogP contribution >= 0.6 is 0 Å². The number of aromatic hydroxyl groups is 3. The number of methoxy groups -OCH3 is 1. The average molecular weight is 314 g/mol.